The van der Waals surface area contributed by atoms with Gasteiger partial charge in [-0.3, -0.25) is 9.08 Å². The predicted molar refractivity (Wildman–Crippen MR) is 135 cm³/mol. The summed E-state index contributed by atoms with van der Waals surface area (Å²) < 4.78 is 3.78. The van der Waals surface area contributed by atoms with Crippen molar-refractivity contribution in [1.82, 2.24) is 29.1 Å². The van der Waals surface area contributed by atoms with Gasteiger partial charge in [-0.15, -0.1) is 0 Å². The fourth-order valence-electron chi connectivity index (χ4n) is 4.33. The summed E-state index contributed by atoms with van der Waals surface area (Å²) >= 11 is 5.92. The number of imidazole rings is 1. The molecule has 1 atom stereocenters. The number of fused-ring (bicyclic) bond motifs is 3. The number of aryl methyl sites for hydroxylation is 3. The quantitative estimate of drug-likeness (QED) is 0.320. The average molecular weight is 490 g/mol. The van der Waals surface area contributed by atoms with Crippen molar-refractivity contribution in [2.45, 2.75) is 33.2 Å². The Hall–Kier alpha value is -3.98. The van der Waals surface area contributed by atoms with Crippen LogP contribution in [-0.2, 0) is 13.5 Å². The number of pyridine rings is 1. The summed E-state index contributed by atoms with van der Waals surface area (Å²) in [5.74, 6) is -0.275. The van der Waals surface area contributed by atoms with Crippen LogP contribution < -0.4 is 5.32 Å². The smallest absolute Gasteiger partial charge is 0.356 e. The number of aromatic carboxylic acids is 1. The van der Waals surface area contributed by atoms with Crippen LogP contribution in [0.3, 0.4) is 0 Å². The third-order valence-electron chi connectivity index (χ3n) is 5.94. The molecule has 1 aromatic carbocycles. The van der Waals surface area contributed by atoms with Crippen LogP contribution in [0.25, 0.3) is 27.9 Å². The molecule has 0 spiro atoms. The average Bonchev–Trinajstić information content (AvgIpc) is 3.46. The normalized spacial score (nSPS) is 12.4. The number of nitrogens with one attached hydrogen (secondary N) is 1. The summed E-state index contributed by atoms with van der Waals surface area (Å²) in [6.07, 6.45) is 4.58. The van der Waals surface area contributed by atoms with Gasteiger partial charge in [-0.25, -0.2) is 19.7 Å². The van der Waals surface area contributed by atoms with Crippen molar-refractivity contribution < 1.29 is 9.90 Å². The van der Waals surface area contributed by atoms with Crippen LogP contribution in [0.1, 0.15) is 47.3 Å². The minimum atomic E-state index is -1.15. The third-order valence-corrected chi connectivity index (χ3v) is 6.15. The summed E-state index contributed by atoms with van der Waals surface area (Å²) in [5, 5.41) is 18.4. The van der Waals surface area contributed by atoms with Gasteiger partial charge in [0, 0.05) is 36.8 Å². The highest BCUT2D eigenvalue weighted by molar-refractivity contribution is 6.29. The van der Waals surface area contributed by atoms with Crippen molar-refractivity contribution >= 4 is 39.8 Å². The standard InChI is InChI=1S/C25H24ClN7O2/c1-5-21-30-22-15(14(3)27-18-6-7-20(26)29-23(18)25(34)35)10-13(2)11-16(22)24-28-19(12-33(21)24)17-8-9-32(4)31-17/h6-12,14,27H,5H2,1-4H3,(H,34,35). The van der Waals surface area contributed by atoms with E-state index in [0.717, 1.165) is 44.9 Å². The number of carbonyl (C=O) groups is 1. The second-order valence-corrected chi connectivity index (χ2v) is 8.91. The molecule has 0 amide bonds. The number of nitrogens with zero attached hydrogens (tertiary/aromatic N) is 6. The van der Waals surface area contributed by atoms with Gasteiger partial charge in [0.25, 0.3) is 0 Å². The lowest BCUT2D eigenvalue weighted by molar-refractivity contribution is 0.0691. The molecule has 0 saturated carbocycles. The van der Waals surface area contributed by atoms with E-state index in [4.69, 9.17) is 21.6 Å². The van der Waals surface area contributed by atoms with E-state index in [2.05, 4.69) is 34.5 Å². The van der Waals surface area contributed by atoms with E-state index in [-0.39, 0.29) is 16.9 Å². The molecule has 2 N–H and O–H groups in total. The number of carboxylic acid groups (broad SMARTS) is 1. The van der Waals surface area contributed by atoms with Crippen molar-refractivity contribution in [2.75, 3.05) is 5.32 Å². The number of hydrogen-bond donors (Lipinski definition) is 2. The Balaban J connectivity index is 1.67. The first kappa shape index (κ1) is 22.8. The molecule has 0 radical (unpaired) electrons. The number of rotatable bonds is 6. The minimum absolute atomic E-state index is 0.126. The largest absolute Gasteiger partial charge is 0.476 e. The van der Waals surface area contributed by atoms with E-state index in [1.54, 1.807) is 16.8 Å². The Morgan fingerprint density at radius 1 is 1.17 bits per heavy atom. The summed E-state index contributed by atoms with van der Waals surface area (Å²) in [5.41, 5.74) is 5.45. The molecule has 5 aromatic rings. The Labute approximate surface area is 206 Å². The van der Waals surface area contributed by atoms with Gasteiger partial charge in [-0.1, -0.05) is 24.6 Å². The first-order valence-electron chi connectivity index (χ1n) is 11.2. The number of aromatic nitrogens is 6. The number of carboxylic acids is 1. The van der Waals surface area contributed by atoms with Crippen LogP contribution >= 0.6 is 11.6 Å². The van der Waals surface area contributed by atoms with Crippen LogP contribution in [0, 0.1) is 6.92 Å². The van der Waals surface area contributed by atoms with Crippen molar-refractivity contribution in [3.05, 3.63) is 70.5 Å². The zero-order valence-electron chi connectivity index (χ0n) is 19.7. The summed E-state index contributed by atoms with van der Waals surface area (Å²) in [6, 6.07) is 9.02. The van der Waals surface area contributed by atoms with Gasteiger partial charge >= 0.3 is 5.97 Å². The molecule has 178 valence electrons. The van der Waals surface area contributed by atoms with Crippen LogP contribution in [0.4, 0.5) is 5.69 Å². The molecule has 9 nitrogen and oxygen atoms in total. The van der Waals surface area contributed by atoms with Gasteiger partial charge in [0.1, 0.15) is 28.0 Å². The second-order valence-electron chi connectivity index (χ2n) is 8.53. The van der Waals surface area contributed by atoms with E-state index in [1.165, 1.54) is 0 Å². The maximum atomic E-state index is 11.7. The van der Waals surface area contributed by atoms with Crippen LogP contribution in [0.2, 0.25) is 5.15 Å². The van der Waals surface area contributed by atoms with Gasteiger partial charge in [0.05, 0.1) is 17.2 Å². The first-order chi connectivity index (χ1) is 16.7. The molecule has 4 aromatic heterocycles. The van der Waals surface area contributed by atoms with Crippen LogP contribution in [-0.4, -0.2) is 40.2 Å². The highest BCUT2D eigenvalue weighted by Crippen LogP contribution is 2.32. The molecule has 4 heterocycles. The number of anilines is 1. The SMILES string of the molecule is CCc1nc2c(C(C)Nc3ccc(Cl)nc3C(=O)O)cc(C)cc2c2nc(-c3ccn(C)n3)cn12. The van der Waals surface area contributed by atoms with Crippen molar-refractivity contribution in [1.29, 1.82) is 0 Å². The maximum Gasteiger partial charge on any atom is 0.356 e. The number of hydrogen-bond acceptors (Lipinski definition) is 6. The Morgan fingerprint density at radius 2 is 1.97 bits per heavy atom. The fourth-order valence-corrected chi connectivity index (χ4v) is 4.48. The molecule has 0 bridgehead atoms. The lowest BCUT2D eigenvalue weighted by Gasteiger charge is -2.20. The predicted octanol–water partition coefficient (Wildman–Crippen LogP) is 5.07. The molecular formula is C25H24ClN7O2. The minimum Gasteiger partial charge on any atom is -0.476 e. The van der Waals surface area contributed by atoms with E-state index in [9.17, 15) is 9.90 Å². The number of halogens is 1. The van der Waals surface area contributed by atoms with Gasteiger partial charge in [-0.05, 0) is 43.7 Å². The van der Waals surface area contributed by atoms with Gasteiger partial charge in [-0.2, -0.15) is 5.10 Å². The molecule has 35 heavy (non-hydrogen) atoms. The van der Waals surface area contributed by atoms with Crippen LogP contribution in [0.5, 0.6) is 0 Å². The third kappa shape index (κ3) is 4.08. The van der Waals surface area contributed by atoms with Gasteiger partial charge < -0.3 is 10.4 Å². The van der Waals surface area contributed by atoms with E-state index >= 15 is 0 Å². The molecule has 5 rings (SSSR count). The van der Waals surface area contributed by atoms with Crippen molar-refractivity contribution in [3.63, 3.8) is 0 Å². The summed E-state index contributed by atoms with van der Waals surface area (Å²) in [4.78, 5) is 25.6. The van der Waals surface area contributed by atoms with E-state index in [0.29, 0.717) is 12.1 Å². The van der Waals surface area contributed by atoms with E-state index in [1.807, 2.05) is 43.8 Å². The Morgan fingerprint density at radius 3 is 2.66 bits per heavy atom. The highest BCUT2D eigenvalue weighted by atomic mass is 35.5. The van der Waals surface area contributed by atoms with Gasteiger partial charge in [0.15, 0.2) is 5.69 Å². The lowest BCUT2D eigenvalue weighted by atomic mass is 10.0. The molecule has 0 saturated heterocycles. The fraction of sp³-hybridized carbons (Fsp3) is 0.240. The maximum absolute atomic E-state index is 11.7. The van der Waals surface area contributed by atoms with Gasteiger partial charge in [0.2, 0.25) is 0 Å². The Bertz CT molecular complexity index is 1610. The van der Waals surface area contributed by atoms with Crippen molar-refractivity contribution in [3.8, 4) is 11.4 Å². The zero-order valence-corrected chi connectivity index (χ0v) is 20.5. The lowest BCUT2D eigenvalue weighted by Crippen LogP contribution is -2.13. The Kier molecular flexibility index (Phi) is 5.64. The molecule has 10 heteroatoms. The molecule has 0 fully saturated rings. The molecular weight excluding hydrogens is 466 g/mol. The summed E-state index contributed by atoms with van der Waals surface area (Å²) in [7, 11) is 1.88. The monoisotopic (exact) mass is 489 g/mol. The molecule has 0 aliphatic rings. The molecule has 1 unspecified atom stereocenters. The topological polar surface area (TPSA) is 110 Å². The highest BCUT2D eigenvalue weighted by Gasteiger charge is 2.20. The second kappa shape index (κ2) is 8.66. The zero-order chi connectivity index (χ0) is 24.9. The summed E-state index contributed by atoms with van der Waals surface area (Å²) in [6.45, 7) is 6.05. The first-order valence-corrected chi connectivity index (χ1v) is 11.6. The van der Waals surface area contributed by atoms with E-state index < -0.39 is 5.97 Å². The van der Waals surface area contributed by atoms with Crippen LogP contribution in [0.15, 0.2) is 42.7 Å². The molecule has 0 aliphatic carbocycles. The van der Waals surface area contributed by atoms with Crippen molar-refractivity contribution in [2.24, 2.45) is 7.05 Å². The number of benzene rings is 1. The molecule has 0 aliphatic heterocycles.